The van der Waals surface area contributed by atoms with E-state index in [0.29, 0.717) is 30.4 Å². The molecule has 19 heteroatoms. The molecule has 0 unspecified atom stereocenters. The van der Waals surface area contributed by atoms with Crippen molar-refractivity contribution in [2.45, 2.75) is 6.42 Å². The zero-order valence-corrected chi connectivity index (χ0v) is 27.7. The lowest BCUT2D eigenvalue weighted by atomic mass is 10.2. The van der Waals surface area contributed by atoms with E-state index in [1.54, 1.807) is 19.2 Å². The number of carbonyl (C=O) groups excluding carboxylic acids is 4. The highest BCUT2D eigenvalue weighted by Gasteiger charge is 2.20. The van der Waals surface area contributed by atoms with Crippen LogP contribution >= 0.6 is 34.5 Å². The molecule has 4 amide bonds. The van der Waals surface area contributed by atoms with Crippen molar-refractivity contribution in [3.8, 4) is 0 Å². The summed E-state index contributed by atoms with van der Waals surface area (Å²) in [5.74, 6) is -0.984. The van der Waals surface area contributed by atoms with Crippen molar-refractivity contribution in [1.82, 2.24) is 29.9 Å². The predicted octanol–water partition coefficient (Wildman–Crippen LogP) is 2.71. The van der Waals surface area contributed by atoms with Crippen LogP contribution in [0.2, 0.25) is 0 Å². The number of amides is 4. The monoisotopic (exact) mass is 702 g/mol. The molecular formula is C28H32Cl2N12O4S. The number of hydrogen-bond donors (Lipinski definition) is 6. The van der Waals surface area contributed by atoms with Crippen molar-refractivity contribution in [3.63, 3.8) is 0 Å². The SMILES string of the molecule is Cn1nc(NC(=O)c2cc(NC(=O)c3csc(NC(=O)c4ccc(N(CCCl)CCCl)cc4)n3)nn2C)cc1C(=O)NCCC(=N)N. The lowest BCUT2D eigenvalue weighted by Gasteiger charge is -2.22. The molecule has 47 heavy (non-hydrogen) atoms. The second-order valence-corrected chi connectivity index (χ2v) is 11.5. The standard InChI is InChI=1S/C28H32Cl2N12O4S/c1-40-19(26(45)33-10-7-21(31)32)13-23(39-40)36-27(46)20-14-22(38-41(20)2)35-25(44)18-15-47-28(34-18)37-24(43)16-3-5-17(6-4-16)42(11-8-29)12-9-30/h3-6,13-15H,7-12H2,1-2H3,(H3,31,32)(H,33,45)(H,34,37,43)(H,35,38,44)(H,36,39,46). The summed E-state index contributed by atoms with van der Waals surface area (Å²) in [7, 11) is 3.06. The van der Waals surface area contributed by atoms with E-state index < -0.39 is 23.6 Å². The second kappa shape index (κ2) is 16.0. The quantitative estimate of drug-likeness (QED) is 0.0609. The molecule has 0 aliphatic rings. The van der Waals surface area contributed by atoms with Crippen LogP contribution < -0.4 is 31.9 Å². The Bertz CT molecular complexity index is 1760. The molecule has 0 saturated heterocycles. The van der Waals surface area contributed by atoms with Crippen LogP contribution in [-0.2, 0) is 14.1 Å². The summed E-state index contributed by atoms with van der Waals surface area (Å²) < 4.78 is 2.57. The van der Waals surface area contributed by atoms with Gasteiger partial charge in [-0.25, -0.2) is 4.98 Å². The summed E-state index contributed by atoms with van der Waals surface area (Å²) in [6, 6.07) is 9.74. The van der Waals surface area contributed by atoms with E-state index in [-0.39, 0.29) is 52.7 Å². The van der Waals surface area contributed by atoms with Gasteiger partial charge in [0.1, 0.15) is 17.1 Å². The van der Waals surface area contributed by atoms with Gasteiger partial charge in [0.15, 0.2) is 16.8 Å². The largest absolute Gasteiger partial charge is 0.388 e. The fourth-order valence-corrected chi connectivity index (χ4v) is 5.34. The molecule has 0 aliphatic carbocycles. The lowest BCUT2D eigenvalue weighted by Crippen LogP contribution is -2.29. The Balaban J connectivity index is 1.33. The number of aromatic nitrogens is 5. The fourth-order valence-electron chi connectivity index (χ4n) is 4.25. The molecule has 0 spiro atoms. The van der Waals surface area contributed by atoms with E-state index in [9.17, 15) is 19.2 Å². The summed E-state index contributed by atoms with van der Waals surface area (Å²) in [5.41, 5.74) is 6.92. The summed E-state index contributed by atoms with van der Waals surface area (Å²) in [5, 5.41) is 27.8. The smallest absolute Gasteiger partial charge is 0.276 e. The van der Waals surface area contributed by atoms with Crippen LogP contribution in [0.5, 0.6) is 0 Å². The van der Waals surface area contributed by atoms with E-state index >= 15 is 0 Å². The first-order valence-electron chi connectivity index (χ1n) is 14.0. The minimum Gasteiger partial charge on any atom is -0.388 e. The number of aryl methyl sites for hydroxylation is 2. The first-order valence-corrected chi connectivity index (χ1v) is 16.0. The topological polar surface area (TPSA) is 218 Å². The minimum absolute atomic E-state index is 0.0395. The highest BCUT2D eigenvalue weighted by Crippen LogP contribution is 2.20. The van der Waals surface area contributed by atoms with Gasteiger partial charge in [-0.2, -0.15) is 10.2 Å². The molecule has 0 aliphatic heterocycles. The van der Waals surface area contributed by atoms with Gasteiger partial charge in [-0.3, -0.25) is 39.3 Å². The normalized spacial score (nSPS) is 10.7. The zero-order chi connectivity index (χ0) is 34.1. The summed E-state index contributed by atoms with van der Waals surface area (Å²) in [4.78, 5) is 57.2. The van der Waals surface area contributed by atoms with E-state index in [0.717, 1.165) is 17.0 Å². The molecule has 0 radical (unpaired) electrons. The second-order valence-electron chi connectivity index (χ2n) is 9.92. The Morgan fingerprint density at radius 1 is 0.872 bits per heavy atom. The Labute approximate surface area is 283 Å². The number of alkyl halides is 2. The van der Waals surface area contributed by atoms with Gasteiger partial charge in [0.05, 0.1) is 5.84 Å². The molecular weight excluding hydrogens is 671 g/mol. The molecule has 16 nitrogen and oxygen atoms in total. The van der Waals surface area contributed by atoms with Crippen molar-refractivity contribution in [2.24, 2.45) is 19.8 Å². The molecule has 4 aromatic rings. The minimum atomic E-state index is -0.597. The van der Waals surface area contributed by atoms with Gasteiger partial charge in [0.25, 0.3) is 23.6 Å². The van der Waals surface area contributed by atoms with Crippen LogP contribution in [-0.4, -0.2) is 85.4 Å². The Kier molecular flexibility index (Phi) is 11.9. The van der Waals surface area contributed by atoms with Gasteiger partial charge in [-0.05, 0) is 24.3 Å². The summed E-state index contributed by atoms with van der Waals surface area (Å²) >= 11 is 12.8. The average molecular weight is 704 g/mol. The number of carbonyl (C=O) groups is 4. The predicted molar refractivity (Wildman–Crippen MR) is 181 cm³/mol. The highest BCUT2D eigenvalue weighted by atomic mass is 35.5. The van der Waals surface area contributed by atoms with Crippen LogP contribution in [0.4, 0.5) is 22.5 Å². The van der Waals surface area contributed by atoms with Crippen LogP contribution in [0.25, 0.3) is 0 Å². The van der Waals surface area contributed by atoms with E-state index in [2.05, 4.69) is 36.4 Å². The molecule has 3 heterocycles. The molecule has 0 fully saturated rings. The number of nitrogens with one attached hydrogen (secondary N) is 5. The van der Waals surface area contributed by atoms with Crippen molar-refractivity contribution in [2.75, 3.05) is 52.2 Å². The van der Waals surface area contributed by atoms with Crippen molar-refractivity contribution >= 4 is 86.5 Å². The lowest BCUT2D eigenvalue weighted by molar-refractivity contribution is 0.0943. The number of rotatable bonds is 15. The number of nitrogens with two attached hydrogens (primary N) is 1. The maximum atomic E-state index is 12.9. The third-order valence-electron chi connectivity index (χ3n) is 6.55. The first kappa shape index (κ1) is 34.9. The fraction of sp³-hybridized carbons (Fsp3) is 0.286. The molecule has 4 rings (SSSR count). The average Bonchev–Trinajstić information content (AvgIpc) is 3.75. The van der Waals surface area contributed by atoms with Gasteiger partial charge in [0.2, 0.25) is 0 Å². The first-order chi connectivity index (χ1) is 22.5. The molecule has 0 bridgehead atoms. The molecule has 248 valence electrons. The van der Waals surface area contributed by atoms with Crippen LogP contribution in [0, 0.1) is 5.41 Å². The third kappa shape index (κ3) is 9.27. The molecule has 3 aromatic heterocycles. The maximum Gasteiger partial charge on any atom is 0.276 e. The van der Waals surface area contributed by atoms with Gasteiger partial charge in [0, 0.05) is 80.7 Å². The summed E-state index contributed by atoms with van der Waals surface area (Å²) in [6.07, 6.45) is 0.202. The van der Waals surface area contributed by atoms with Crippen LogP contribution in [0.3, 0.4) is 0 Å². The van der Waals surface area contributed by atoms with E-state index in [1.807, 2.05) is 17.0 Å². The number of nitrogens with zero attached hydrogens (tertiary/aromatic N) is 6. The Morgan fingerprint density at radius 2 is 1.45 bits per heavy atom. The Morgan fingerprint density at radius 3 is 2.02 bits per heavy atom. The Hall–Kier alpha value is -5.00. The number of benzene rings is 1. The van der Waals surface area contributed by atoms with Gasteiger partial charge >= 0.3 is 0 Å². The maximum absolute atomic E-state index is 12.9. The number of thiazole rings is 1. The van der Waals surface area contributed by atoms with E-state index in [4.69, 9.17) is 34.3 Å². The number of amidine groups is 1. The highest BCUT2D eigenvalue weighted by molar-refractivity contribution is 7.14. The van der Waals surface area contributed by atoms with Gasteiger partial charge in [-0.15, -0.1) is 34.5 Å². The van der Waals surface area contributed by atoms with Gasteiger partial charge in [-0.1, -0.05) is 0 Å². The number of halogens is 2. The number of hydrogen-bond acceptors (Lipinski definition) is 10. The molecule has 1 aromatic carbocycles. The number of anilines is 4. The van der Waals surface area contributed by atoms with E-state index in [1.165, 1.54) is 33.9 Å². The van der Waals surface area contributed by atoms with Crippen molar-refractivity contribution < 1.29 is 19.2 Å². The third-order valence-corrected chi connectivity index (χ3v) is 7.64. The van der Waals surface area contributed by atoms with Gasteiger partial charge < -0.3 is 26.6 Å². The van der Waals surface area contributed by atoms with Crippen molar-refractivity contribution in [1.29, 1.82) is 5.41 Å². The van der Waals surface area contributed by atoms with Crippen LogP contribution in [0.1, 0.15) is 48.2 Å². The molecule has 7 N–H and O–H groups in total. The molecule has 0 saturated carbocycles. The summed E-state index contributed by atoms with van der Waals surface area (Å²) in [6.45, 7) is 1.42. The molecule has 0 atom stereocenters. The van der Waals surface area contributed by atoms with Crippen molar-refractivity contribution in [3.05, 3.63) is 64.4 Å². The van der Waals surface area contributed by atoms with Crippen LogP contribution in [0.15, 0.2) is 41.8 Å². The zero-order valence-electron chi connectivity index (χ0n) is 25.3.